The van der Waals surface area contributed by atoms with E-state index in [9.17, 15) is 4.79 Å². The molecule has 26 heavy (non-hydrogen) atoms. The zero-order chi connectivity index (χ0) is 18.7. The topological polar surface area (TPSA) is 54.5 Å². The van der Waals surface area contributed by atoms with Gasteiger partial charge in [0.15, 0.2) is 0 Å². The van der Waals surface area contributed by atoms with Crippen LogP contribution in [0.25, 0.3) is 0 Å². The van der Waals surface area contributed by atoms with Crippen LogP contribution in [0.2, 0.25) is 5.02 Å². The van der Waals surface area contributed by atoms with E-state index in [-0.39, 0.29) is 5.91 Å². The number of pyridine rings is 1. The number of carbonyl (C=O) groups is 1. The van der Waals surface area contributed by atoms with Crippen LogP contribution in [0.3, 0.4) is 0 Å². The number of piperidine rings is 1. The van der Waals surface area contributed by atoms with Gasteiger partial charge in [0.05, 0.1) is 30.2 Å². The summed E-state index contributed by atoms with van der Waals surface area (Å²) >= 11 is 6.16. The average molecular weight is 374 g/mol. The van der Waals surface area contributed by atoms with E-state index in [0.29, 0.717) is 22.3 Å². The fourth-order valence-corrected chi connectivity index (χ4v) is 3.42. The second kappa shape index (κ2) is 7.96. The maximum atomic E-state index is 12.8. The van der Waals surface area contributed by atoms with Crippen LogP contribution >= 0.6 is 11.6 Å². The highest BCUT2D eigenvalue weighted by atomic mass is 35.5. The van der Waals surface area contributed by atoms with Gasteiger partial charge >= 0.3 is 0 Å². The number of methoxy groups -OCH3 is 1. The molecule has 1 atom stereocenters. The fraction of sp³-hybridized carbons (Fsp3) is 0.400. The second-order valence-corrected chi connectivity index (χ2v) is 7.29. The van der Waals surface area contributed by atoms with E-state index in [1.807, 2.05) is 24.0 Å². The SMILES string of the molecule is COc1cc(Cl)c(C)cc1Nc1cncc(C(=O)N2CCCC(C)C2)c1. The molecule has 6 heteroatoms. The van der Waals surface area contributed by atoms with Crippen LogP contribution < -0.4 is 10.1 Å². The number of aromatic nitrogens is 1. The summed E-state index contributed by atoms with van der Waals surface area (Å²) in [6.45, 7) is 5.74. The third-order valence-corrected chi connectivity index (χ3v) is 5.10. The number of halogens is 1. The Morgan fingerprint density at radius 3 is 2.88 bits per heavy atom. The number of likely N-dealkylation sites (tertiary alicyclic amines) is 1. The quantitative estimate of drug-likeness (QED) is 0.846. The highest BCUT2D eigenvalue weighted by Gasteiger charge is 2.22. The maximum Gasteiger partial charge on any atom is 0.255 e. The lowest BCUT2D eigenvalue weighted by Gasteiger charge is -2.31. The van der Waals surface area contributed by atoms with Crippen molar-refractivity contribution in [3.05, 3.63) is 46.7 Å². The molecule has 0 bridgehead atoms. The molecule has 1 fully saturated rings. The molecule has 2 aromatic rings. The highest BCUT2D eigenvalue weighted by molar-refractivity contribution is 6.31. The standard InChI is InChI=1S/C20H24ClN3O2/c1-13-5-4-6-24(12-13)20(25)15-8-16(11-22-10-15)23-18-7-14(2)17(21)9-19(18)26-3/h7-11,13,23H,4-6,12H2,1-3H3. The maximum absolute atomic E-state index is 12.8. The molecule has 1 N–H and O–H groups in total. The Balaban J connectivity index is 1.82. The second-order valence-electron chi connectivity index (χ2n) is 6.89. The van der Waals surface area contributed by atoms with Crippen LogP contribution in [0.1, 0.15) is 35.7 Å². The van der Waals surface area contributed by atoms with Crippen molar-refractivity contribution in [2.24, 2.45) is 5.92 Å². The van der Waals surface area contributed by atoms with Crippen molar-refractivity contribution in [2.75, 3.05) is 25.5 Å². The van der Waals surface area contributed by atoms with Crippen molar-refractivity contribution in [2.45, 2.75) is 26.7 Å². The summed E-state index contributed by atoms with van der Waals surface area (Å²) in [6.07, 6.45) is 5.55. The van der Waals surface area contributed by atoms with Crippen LogP contribution in [-0.4, -0.2) is 36.0 Å². The minimum absolute atomic E-state index is 0.0342. The Morgan fingerprint density at radius 1 is 1.35 bits per heavy atom. The van der Waals surface area contributed by atoms with E-state index in [1.165, 1.54) is 6.42 Å². The molecule has 0 aliphatic carbocycles. The number of anilines is 2. The summed E-state index contributed by atoms with van der Waals surface area (Å²) in [5.74, 6) is 1.22. The predicted octanol–water partition coefficient (Wildman–Crippen LogP) is 4.67. The predicted molar refractivity (Wildman–Crippen MR) is 105 cm³/mol. The number of carbonyl (C=O) groups excluding carboxylic acids is 1. The zero-order valence-corrected chi connectivity index (χ0v) is 16.1. The molecular formula is C20H24ClN3O2. The summed E-state index contributed by atoms with van der Waals surface area (Å²) in [4.78, 5) is 18.9. The number of hydrogen-bond donors (Lipinski definition) is 1. The molecule has 1 aliphatic heterocycles. The minimum atomic E-state index is 0.0342. The lowest BCUT2D eigenvalue weighted by atomic mass is 10.00. The van der Waals surface area contributed by atoms with E-state index < -0.39 is 0 Å². The van der Waals surface area contributed by atoms with E-state index in [2.05, 4.69) is 17.2 Å². The van der Waals surface area contributed by atoms with E-state index in [0.717, 1.165) is 36.4 Å². The van der Waals surface area contributed by atoms with Gasteiger partial charge in [0.25, 0.3) is 5.91 Å². The average Bonchev–Trinajstić information content (AvgIpc) is 2.64. The molecule has 5 nitrogen and oxygen atoms in total. The summed E-state index contributed by atoms with van der Waals surface area (Å²) in [6, 6.07) is 5.52. The molecular weight excluding hydrogens is 350 g/mol. The lowest BCUT2D eigenvalue weighted by Crippen LogP contribution is -2.39. The molecule has 1 aliphatic rings. The van der Waals surface area contributed by atoms with Crippen molar-refractivity contribution in [3.63, 3.8) is 0 Å². The number of amides is 1. The molecule has 0 spiro atoms. The van der Waals surface area contributed by atoms with Crippen molar-refractivity contribution in [3.8, 4) is 5.75 Å². The van der Waals surface area contributed by atoms with Gasteiger partial charge in [-0.25, -0.2) is 0 Å². The van der Waals surface area contributed by atoms with Crippen molar-refractivity contribution in [1.29, 1.82) is 0 Å². The first kappa shape index (κ1) is 18.5. The molecule has 0 saturated carbocycles. The molecule has 1 unspecified atom stereocenters. The normalized spacial score (nSPS) is 17.1. The molecule has 1 amide bonds. The first-order valence-corrected chi connectivity index (χ1v) is 9.21. The number of rotatable bonds is 4. The Labute approximate surface area is 159 Å². The molecule has 138 valence electrons. The van der Waals surface area contributed by atoms with Gasteiger partial charge < -0.3 is 15.0 Å². The Hall–Kier alpha value is -2.27. The zero-order valence-electron chi connectivity index (χ0n) is 15.4. The van der Waals surface area contributed by atoms with Crippen molar-refractivity contribution in [1.82, 2.24) is 9.88 Å². The summed E-state index contributed by atoms with van der Waals surface area (Å²) in [7, 11) is 1.60. The number of nitrogens with one attached hydrogen (secondary N) is 1. The summed E-state index contributed by atoms with van der Waals surface area (Å²) in [5, 5.41) is 3.93. The Kier molecular flexibility index (Phi) is 5.67. The van der Waals surface area contributed by atoms with Gasteiger partial charge in [0, 0.05) is 30.4 Å². The lowest BCUT2D eigenvalue weighted by molar-refractivity contribution is 0.0682. The molecule has 1 aromatic heterocycles. The van der Waals surface area contributed by atoms with Gasteiger partial charge in [-0.15, -0.1) is 0 Å². The first-order chi connectivity index (χ1) is 12.5. The number of benzene rings is 1. The molecule has 1 saturated heterocycles. The van der Waals surface area contributed by atoms with Crippen molar-refractivity contribution >= 4 is 28.9 Å². The highest BCUT2D eigenvalue weighted by Crippen LogP contribution is 2.33. The van der Waals surface area contributed by atoms with Crippen LogP contribution in [0.15, 0.2) is 30.6 Å². The van der Waals surface area contributed by atoms with Crippen LogP contribution in [-0.2, 0) is 0 Å². The fourth-order valence-electron chi connectivity index (χ4n) is 3.27. The number of aryl methyl sites for hydroxylation is 1. The largest absolute Gasteiger partial charge is 0.495 e. The minimum Gasteiger partial charge on any atom is -0.495 e. The van der Waals surface area contributed by atoms with Crippen molar-refractivity contribution < 1.29 is 9.53 Å². The van der Waals surface area contributed by atoms with Crippen LogP contribution in [0.5, 0.6) is 5.75 Å². The number of ether oxygens (including phenoxy) is 1. The summed E-state index contributed by atoms with van der Waals surface area (Å²) in [5.41, 5.74) is 3.06. The molecule has 0 radical (unpaired) electrons. The van der Waals surface area contributed by atoms with Crippen LogP contribution in [0, 0.1) is 12.8 Å². The van der Waals surface area contributed by atoms with Gasteiger partial charge in [-0.2, -0.15) is 0 Å². The smallest absolute Gasteiger partial charge is 0.255 e. The Bertz CT molecular complexity index is 810. The molecule has 2 heterocycles. The molecule has 1 aromatic carbocycles. The van der Waals surface area contributed by atoms with Gasteiger partial charge in [-0.1, -0.05) is 18.5 Å². The third-order valence-electron chi connectivity index (χ3n) is 4.69. The van der Waals surface area contributed by atoms with Crippen LogP contribution in [0.4, 0.5) is 11.4 Å². The van der Waals surface area contributed by atoms with E-state index in [4.69, 9.17) is 16.3 Å². The van der Waals surface area contributed by atoms with Gasteiger partial charge in [0.1, 0.15) is 5.75 Å². The summed E-state index contributed by atoms with van der Waals surface area (Å²) < 4.78 is 5.40. The Morgan fingerprint density at radius 2 is 2.15 bits per heavy atom. The number of nitrogens with zero attached hydrogens (tertiary/aromatic N) is 2. The molecule has 3 rings (SSSR count). The van der Waals surface area contributed by atoms with Gasteiger partial charge in [-0.05, 0) is 43.4 Å². The monoisotopic (exact) mass is 373 g/mol. The van der Waals surface area contributed by atoms with E-state index in [1.54, 1.807) is 25.6 Å². The third kappa shape index (κ3) is 4.10. The first-order valence-electron chi connectivity index (χ1n) is 8.83. The van der Waals surface area contributed by atoms with E-state index >= 15 is 0 Å². The number of hydrogen-bond acceptors (Lipinski definition) is 4. The van der Waals surface area contributed by atoms with Gasteiger partial charge in [0.2, 0.25) is 0 Å². The van der Waals surface area contributed by atoms with Gasteiger partial charge in [-0.3, -0.25) is 9.78 Å².